The number of hydrogen-bond donors (Lipinski definition) is 2. The molecule has 3 heterocycles. The minimum absolute atomic E-state index is 0.306. The predicted octanol–water partition coefficient (Wildman–Crippen LogP) is 1.10. The van der Waals surface area contributed by atoms with Gasteiger partial charge in [0.15, 0.2) is 17.0 Å². The Morgan fingerprint density at radius 2 is 2.36 bits per heavy atom. The van der Waals surface area contributed by atoms with E-state index in [1.807, 2.05) is 4.57 Å². The first-order valence-corrected chi connectivity index (χ1v) is 7.78. The van der Waals surface area contributed by atoms with Gasteiger partial charge < -0.3 is 19.7 Å². The van der Waals surface area contributed by atoms with Crippen molar-refractivity contribution in [2.45, 2.75) is 38.2 Å². The molecule has 2 aromatic rings. The Kier molecular flexibility index (Phi) is 4.83. The third-order valence-corrected chi connectivity index (χ3v) is 3.87. The van der Waals surface area contributed by atoms with E-state index in [1.165, 1.54) is 6.33 Å². The lowest BCUT2D eigenvalue weighted by Gasteiger charge is -2.14. The van der Waals surface area contributed by atoms with Crippen LogP contribution >= 0.6 is 9.47 Å². The number of nitrogens with zero attached hydrogens (tertiary/aromatic N) is 4. The van der Waals surface area contributed by atoms with Crippen LogP contribution < -0.4 is 5.32 Å². The van der Waals surface area contributed by atoms with E-state index in [0.717, 1.165) is 13.0 Å². The molecule has 0 bridgehead atoms. The zero-order valence-corrected chi connectivity index (χ0v) is 13.5. The number of fused-ring (bicyclic) bond motifs is 1. The summed E-state index contributed by atoms with van der Waals surface area (Å²) in [4.78, 5) is 12.9. The van der Waals surface area contributed by atoms with Crippen molar-refractivity contribution >= 4 is 26.4 Å². The molecule has 1 aliphatic heterocycles. The van der Waals surface area contributed by atoms with Crippen LogP contribution in [0.15, 0.2) is 12.7 Å². The average Bonchev–Trinajstić information content (AvgIpc) is 3.10. The van der Waals surface area contributed by atoms with Gasteiger partial charge in [0.05, 0.1) is 19.0 Å². The lowest BCUT2D eigenvalue weighted by molar-refractivity contribution is -0.0353. The van der Waals surface area contributed by atoms with Gasteiger partial charge >= 0.3 is 0 Å². The van der Waals surface area contributed by atoms with Gasteiger partial charge in [0.2, 0.25) is 0 Å². The number of imidazole rings is 1. The van der Waals surface area contributed by atoms with Gasteiger partial charge in [-0.15, -0.1) is 0 Å². The van der Waals surface area contributed by atoms with Gasteiger partial charge in [-0.1, -0.05) is 6.92 Å². The van der Waals surface area contributed by atoms with Crippen molar-refractivity contribution in [2.24, 2.45) is 0 Å². The summed E-state index contributed by atoms with van der Waals surface area (Å²) in [5.74, 6) is 0.717. The van der Waals surface area contributed by atoms with E-state index >= 15 is 0 Å². The Morgan fingerprint density at radius 3 is 3.14 bits per heavy atom. The second kappa shape index (κ2) is 6.83. The molecule has 8 nitrogen and oxygen atoms in total. The highest BCUT2D eigenvalue weighted by Crippen LogP contribution is 2.32. The second-order valence-corrected chi connectivity index (χ2v) is 5.57. The number of aliphatic hydroxyl groups excluding tert-OH is 1. The molecule has 0 radical (unpaired) electrons. The minimum Gasteiger partial charge on any atom is -0.390 e. The monoisotopic (exact) mass is 325 g/mol. The summed E-state index contributed by atoms with van der Waals surface area (Å²) >= 11 is 0. The molecule has 0 spiro atoms. The molecule has 9 heteroatoms. The molecule has 0 saturated carbocycles. The highest BCUT2D eigenvalue weighted by Gasteiger charge is 2.35. The molecular weight excluding hydrogens is 305 g/mol. The van der Waals surface area contributed by atoms with Crippen LogP contribution in [-0.2, 0) is 9.26 Å². The van der Waals surface area contributed by atoms with Crippen molar-refractivity contribution in [2.75, 3.05) is 18.5 Å². The van der Waals surface area contributed by atoms with Crippen molar-refractivity contribution in [1.29, 1.82) is 0 Å². The van der Waals surface area contributed by atoms with E-state index in [1.54, 1.807) is 6.33 Å². The van der Waals surface area contributed by atoms with Gasteiger partial charge in [0.1, 0.15) is 18.7 Å². The predicted molar refractivity (Wildman–Crippen MR) is 84.3 cm³/mol. The van der Waals surface area contributed by atoms with E-state index < -0.39 is 6.10 Å². The minimum atomic E-state index is -0.567. The molecule has 1 aliphatic rings. The van der Waals surface area contributed by atoms with Crippen LogP contribution in [0.4, 0.5) is 5.82 Å². The van der Waals surface area contributed by atoms with Crippen LogP contribution in [0.2, 0.25) is 0 Å². The first-order valence-electron chi connectivity index (χ1n) is 7.31. The Bertz CT molecular complexity index is 637. The number of rotatable bonds is 6. The molecule has 1 saturated heterocycles. The fourth-order valence-corrected chi connectivity index (χ4v) is 2.76. The smallest absolute Gasteiger partial charge is 0.167 e. The van der Waals surface area contributed by atoms with Gasteiger partial charge in [-0.05, 0) is 6.42 Å². The van der Waals surface area contributed by atoms with Crippen molar-refractivity contribution in [3.63, 3.8) is 0 Å². The second-order valence-electron chi connectivity index (χ2n) is 5.24. The molecule has 1 unspecified atom stereocenters. The summed E-state index contributed by atoms with van der Waals surface area (Å²) in [5.41, 5.74) is 1.40. The van der Waals surface area contributed by atoms with E-state index in [4.69, 9.17) is 9.26 Å². The Hall–Kier alpha value is -1.34. The summed E-state index contributed by atoms with van der Waals surface area (Å²) in [6, 6.07) is 0. The number of aromatic nitrogens is 4. The average molecular weight is 325 g/mol. The van der Waals surface area contributed by atoms with Crippen LogP contribution in [0.5, 0.6) is 0 Å². The molecule has 0 amide bonds. The lowest BCUT2D eigenvalue weighted by Crippen LogP contribution is -2.24. The maximum absolute atomic E-state index is 10.0. The van der Waals surface area contributed by atoms with Gasteiger partial charge in [-0.2, -0.15) is 0 Å². The molecule has 3 rings (SSSR count). The normalized spacial score (nSPS) is 25.0. The maximum atomic E-state index is 10.0. The Morgan fingerprint density at radius 1 is 1.50 bits per heavy atom. The molecule has 4 atom stereocenters. The van der Waals surface area contributed by atoms with Crippen LogP contribution in [0.3, 0.4) is 0 Å². The highest BCUT2D eigenvalue weighted by molar-refractivity contribution is 7.09. The van der Waals surface area contributed by atoms with E-state index in [-0.39, 0.29) is 12.3 Å². The number of ether oxygens (including phenoxy) is 1. The van der Waals surface area contributed by atoms with Crippen LogP contribution in [0.25, 0.3) is 11.2 Å². The third kappa shape index (κ3) is 2.92. The molecule has 120 valence electrons. The maximum Gasteiger partial charge on any atom is 0.167 e. The van der Waals surface area contributed by atoms with Crippen molar-refractivity contribution in [3.8, 4) is 0 Å². The molecule has 0 aliphatic carbocycles. The highest BCUT2D eigenvalue weighted by atomic mass is 31.0. The largest absolute Gasteiger partial charge is 0.390 e. The quantitative estimate of drug-likeness (QED) is 0.768. The van der Waals surface area contributed by atoms with Crippen LogP contribution in [-0.4, -0.2) is 50.0 Å². The van der Waals surface area contributed by atoms with Gasteiger partial charge in [-0.25, -0.2) is 15.0 Å². The van der Waals surface area contributed by atoms with E-state index in [9.17, 15) is 5.11 Å². The summed E-state index contributed by atoms with van der Waals surface area (Å²) in [6.07, 6.45) is 3.44. The zero-order chi connectivity index (χ0) is 15.5. The summed E-state index contributed by atoms with van der Waals surface area (Å²) in [5, 5.41) is 13.3. The fourth-order valence-electron chi connectivity index (χ4n) is 2.57. The number of nitrogens with one attached hydrogen (secondary N) is 1. The molecule has 1 fully saturated rings. The zero-order valence-electron chi connectivity index (χ0n) is 12.3. The standard InChI is InChI=1S/C13H20N5O3P/c1-2-3-14-12-11-13(16-6-15-12)18(7-17-11)10-4-8(19)9(21-10)5-20-22/h6-10,19H,2-5,22H2,1H3,(H,14,15,16)/t8-,9-,10-/m1/s1. The molecular formula is C13H20N5O3P. The van der Waals surface area contributed by atoms with Gasteiger partial charge in [-0.3, -0.25) is 4.57 Å². The Labute approximate surface area is 130 Å². The molecule has 2 N–H and O–H groups in total. The van der Waals surface area contributed by atoms with Crippen LogP contribution in [0, 0.1) is 0 Å². The summed E-state index contributed by atoms with van der Waals surface area (Å²) in [7, 11) is 2.17. The fraction of sp³-hybridized carbons (Fsp3) is 0.615. The van der Waals surface area contributed by atoms with Crippen molar-refractivity contribution in [3.05, 3.63) is 12.7 Å². The van der Waals surface area contributed by atoms with Crippen molar-refractivity contribution < 1.29 is 14.4 Å². The first kappa shape index (κ1) is 15.6. The van der Waals surface area contributed by atoms with Gasteiger partial charge in [0, 0.05) is 22.4 Å². The summed E-state index contributed by atoms with van der Waals surface area (Å²) in [6.45, 7) is 3.24. The molecule has 0 aromatic carbocycles. The van der Waals surface area contributed by atoms with E-state index in [2.05, 4.69) is 36.7 Å². The SMILES string of the molecule is CCCNc1ncnc2c1ncn2[C@H]1C[C@@H](O)[C@@H](COP)O1. The lowest BCUT2D eigenvalue weighted by atomic mass is 10.2. The number of anilines is 1. The third-order valence-electron chi connectivity index (χ3n) is 3.68. The van der Waals surface area contributed by atoms with Gasteiger partial charge in [0.25, 0.3) is 0 Å². The summed E-state index contributed by atoms with van der Waals surface area (Å²) < 4.78 is 12.7. The van der Waals surface area contributed by atoms with Crippen LogP contribution in [0.1, 0.15) is 26.0 Å². The van der Waals surface area contributed by atoms with Crippen molar-refractivity contribution in [1.82, 2.24) is 19.5 Å². The topological polar surface area (TPSA) is 94.3 Å². The van der Waals surface area contributed by atoms with E-state index in [0.29, 0.717) is 30.0 Å². The molecule has 2 aromatic heterocycles. The number of aliphatic hydroxyl groups is 1. The molecule has 22 heavy (non-hydrogen) atoms. The number of hydrogen-bond acceptors (Lipinski definition) is 7. The first-order chi connectivity index (χ1) is 10.7. The Balaban J connectivity index is 1.86.